The molecule has 0 N–H and O–H groups in total. The number of carbonyl (C=O) groups excluding carboxylic acids is 1. The number of fused-ring (bicyclic) bond motifs is 2. The van der Waals surface area contributed by atoms with E-state index in [9.17, 15) is 4.79 Å². The van der Waals surface area contributed by atoms with Gasteiger partial charge in [-0.1, -0.05) is 20.8 Å². The van der Waals surface area contributed by atoms with Gasteiger partial charge in [0.25, 0.3) is 0 Å². The fourth-order valence-corrected chi connectivity index (χ4v) is 4.79. The monoisotopic (exact) mass is 278 g/mol. The highest BCUT2D eigenvalue weighted by Crippen LogP contribution is 2.66. The average molecular weight is 278 g/mol. The number of thiophene rings is 1. The Morgan fingerprint density at radius 2 is 2.11 bits per heavy atom. The molecule has 1 aromatic rings. The molecule has 0 aromatic carbocycles. The van der Waals surface area contributed by atoms with Gasteiger partial charge in [-0.25, -0.2) is 4.79 Å². The molecule has 3 heteroatoms. The summed E-state index contributed by atoms with van der Waals surface area (Å²) in [5.74, 6) is 0.577. The van der Waals surface area contributed by atoms with E-state index in [0.717, 1.165) is 16.2 Å². The third-order valence-corrected chi connectivity index (χ3v) is 6.89. The average Bonchev–Trinajstić information content (AvgIpc) is 2.91. The van der Waals surface area contributed by atoms with Crippen molar-refractivity contribution in [2.75, 3.05) is 0 Å². The predicted octanol–water partition coefficient (Wildman–Crippen LogP) is 4.43. The lowest BCUT2D eigenvalue weighted by Crippen LogP contribution is -2.38. The smallest absolute Gasteiger partial charge is 0.348 e. The summed E-state index contributed by atoms with van der Waals surface area (Å²) in [6, 6.07) is 3.86. The maximum absolute atomic E-state index is 12.2. The van der Waals surface area contributed by atoms with E-state index in [-0.39, 0.29) is 17.5 Å². The molecule has 1 aromatic heterocycles. The number of hydrogen-bond donors (Lipinski definition) is 0. The van der Waals surface area contributed by atoms with Crippen LogP contribution in [-0.2, 0) is 4.74 Å². The highest BCUT2D eigenvalue weighted by molar-refractivity contribution is 7.13. The Morgan fingerprint density at radius 3 is 2.58 bits per heavy atom. The largest absolute Gasteiger partial charge is 0.458 e. The lowest BCUT2D eigenvalue weighted by Gasteiger charge is -2.38. The van der Waals surface area contributed by atoms with Crippen LogP contribution in [-0.4, -0.2) is 12.1 Å². The quantitative estimate of drug-likeness (QED) is 0.748. The van der Waals surface area contributed by atoms with Crippen LogP contribution in [0.3, 0.4) is 0 Å². The van der Waals surface area contributed by atoms with Crippen molar-refractivity contribution in [3.63, 3.8) is 0 Å². The summed E-state index contributed by atoms with van der Waals surface area (Å²) in [6.07, 6.45) is 3.61. The highest BCUT2D eigenvalue weighted by Gasteiger charge is 2.62. The SMILES string of the molecule is Cc1ccc(C(=O)OC2CC3CCC2(C)C3(C)C)s1. The summed E-state index contributed by atoms with van der Waals surface area (Å²) in [5, 5.41) is 0. The van der Waals surface area contributed by atoms with Crippen LogP contribution in [0, 0.1) is 23.7 Å². The van der Waals surface area contributed by atoms with Gasteiger partial charge in [0.05, 0.1) is 0 Å². The van der Waals surface area contributed by atoms with Gasteiger partial charge in [0.15, 0.2) is 0 Å². The molecule has 0 saturated heterocycles. The molecule has 0 aliphatic heterocycles. The zero-order chi connectivity index (χ0) is 13.8. The molecule has 19 heavy (non-hydrogen) atoms. The predicted molar refractivity (Wildman–Crippen MR) is 77.5 cm³/mol. The fourth-order valence-electron chi connectivity index (χ4n) is 4.04. The van der Waals surface area contributed by atoms with Crippen molar-refractivity contribution in [1.29, 1.82) is 0 Å². The van der Waals surface area contributed by atoms with Gasteiger partial charge in [-0.15, -0.1) is 11.3 Å². The van der Waals surface area contributed by atoms with Crippen LogP contribution in [0.1, 0.15) is 54.6 Å². The van der Waals surface area contributed by atoms with Gasteiger partial charge < -0.3 is 4.74 Å². The zero-order valence-corrected chi connectivity index (χ0v) is 13.0. The maximum Gasteiger partial charge on any atom is 0.348 e. The Balaban J connectivity index is 1.77. The molecule has 2 fully saturated rings. The number of esters is 1. The first kappa shape index (κ1) is 13.2. The van der Waals surface area contributed by atoms with Gasteiger partial charge in [-0.2, -0.15) is 0 Å². The maximum atomic E-state index is 12.2. The van der Waals surface area contributed by atoms with Gasteiger partial charge in [-0.3, -0.25) is 0 Å². The Bertz CT molecular complexity index is 517. The molecular weight excluding hydrogens is 256 g/mol. The van der Waals surface area contributed by atoms with E-state index >= 15 is 0 Å². The second kappa shape index (κ2) is 4.08. The number of aryl methyl sites for hydroxylation is 1. The minimum Gasteiger partial charge on any atom is -0.458 e. The van der Waals surface area contributed by atoms with Crippen LogP contribution < -0.4 is 0 Å². The first-order valence-electron chi connectivity index (χ1n) is 7.12. The molecule has 0 spiro atoms. The third kappa shape index (κ3) is 1.78. The molecule has 104 valence electrons. The molecule has 2 nitrogen and oxygen atoms in total. The van der Waals surface area contributed by atoms with Crippen molar-refractivity contribution in [2.45, 2.75) is 53.1 Å². The van der Waals surface area contributed by atoms with E-state index < -0.39 is 0 Å². The Morgan fingerprint density at radius 1 is 1.37 bits per heavy atom. The van der Waals surface area contributed by atoms with Crippen LogP contribution in [0.4, 0.5) is 0 Å². The first-order valence-corrected chi connectivity index (χ1v) is 7.94. The van der Waals surface area contributed by atoms with E-state index in [4.69, 9.17) is 4.74 Å². The second-order valence-electron chi connectivity index (χ2n) is 6.91. The highest BCUT2D eigenvalue weighted by atomic mass is 32.1. The number of hydrogen-bond acceptors (Lipinski definition) is 3. The molecular formula is C16H22O2S. The summed E-state index contributed by atoms with van der Waals surface area (Å²) in [6.45, 7) is 9.00. The van der Waals surface area contributed by atoms with Crippen LogP contribution >= 0.6 is 11.3 Å². The van der Waals surface area contributed by atoms with Crippen LogP contribution in [0.2, 0.25) is 0 Å². The lowest BCUT2D eigenvalue weighted by atomic mass is 9.70. The standard InChI is InChI=1S/C16H22O2S/c1-10-5-6-12(19-10)14(17)18-13-9-11-7-8-16(13,4)15(11,2)3/h5-6,11,13H,7-9H2,1-4H3. The topological polar surface area (TPSA) is 26.3 Å². The zero-order valence-electron chi connectivity index (χ0n) is 12.2. The number of carbonyl (C=O) groups is 1. The summed E-state index contributed by atoms with van der Waals surface area (Å²) < 4.78 is 5.85. The molecule has 0 radical (unpaired) electrons. The van der Waals surface area contributed by atoms with Gasteiger partial charge in [0, 0.05) is 10.3 Å². The van der Waals surface area contributed by atoms with E-state index in [2.05, 4.69) is 20.8 Å². The molecule has 3 atom stereocenters. The van der Waals surface area contributed by atoms with Gasteiger partial charge in [-0.05, 0) is 49.7 Å². The minimum absolute atomic E-state index is 0.0937. The van der Waals surface area contributed by atoms with Crippen LogP contribution in [0.5, 0.6) is 0 Å². The van der Waals surface area contributed by atoms with Crippen molar-refractivity contribution < 1.29 is 9.53 Å². The molecule has 3 unspecified atom stereocenters. The lowest BCUT2D eigenvalue weighted by molar-refractivity contribution is -0.0238. The van der Waals surface area contributed by atoms with E-state index in [1.54, 1.807) is 0 Å². The molecule has 1 heterocycles. The van der Waals surface area contributed by atoms with Gasteiger partial charge >= 0.3 is 5.97 Å². The second-order valence-corrected chi connectivity index (χ2v) is 8.20. The van der Waals surface area contributed by atoms with Crippen LogP contribution in [0.25, 0.3) is 0 Å². The van der Waals surface area contributed by atoms with E-state index in [1.807, 2.05) is 19.1 Å². The number of ether oxygens (including phenoxy) is 1. The van der Waals surface area contributed by atoms with E-state index in [0.29, 0.717) is 11.3 Å². The van der Waals surface area contributed by atoms with Crippen LogP contribution in [0.15, 0.2) is 12.1 Å². The first-order chi connectivity index (χ1) is 8.84. The Hall–Kier alpha value is -0.830. The summed E-state index contributed by atoms with van der Waals surface area (Å²) in [5.41, 5.74) is 0.447. The minimum atomic E-state index is -0.132. The normalized spacial score (nSPS) is 35.6. The van der Waals surface area contributed by atoms with Crippen molar-refractivity contribution >= 4 is 17.3 Å². The molecule has 2 saturated carbocycles. The molecule has 0 amide bonds. The summed E-state index contributed by atoms with van der Waals surface area (Å²) >= 11 is 1.52. The molecule has 3 rings (SSSR count). The van der Waals surface area contributed by atoms with Crippen molar-refractivity contribution in [1.82, 2.24) is 0 Å². The van der Waals surface area contributed by atoms with Gasteiger partial charge in [0.2, 0.25) is 0 Å². The molecule has 2 aliphatic carbocycles. The third-order valence-electron chi connectivity index (χ3n) is 5.90. The van der Waals surface area contributed by atoms with E-state index in [1.165, 1.54) is 24.2 Å². The fraction of sp³-hybridized carbons (Fsp3) is 0.688. The van der Waals surface area contributed by atoms with Gasteiger partial charge in [0.1, 0.15) is 11.0 Å². The molecule has 2 bridgehead atoms. The summed E-state index contributed by atoms with van der Waals surface area (Å²) in [7, 11) is 0. The van der Waals surface area contributed by atoms with Crippen molar-refractivity contribution in [3.05, 3.63) is 21.9 Å². The van der Waals surface area contributed by atoms with Crippen molar-refractivity contribution in [2.24, 2.45) is 16.7 Å². The Labute approximate surface area is 119 Å². The van der Waals surface area contributed by atoms with Crippen molar-refractivity contribution in [3.8, 4) is 0 Å². The number of rotatable bonds is 2. The molecule has 2 aliphatic rings. The summed E-state index contributed by atoms with van der Waals surface area (Å²) in [4.78, 5) is 14.1. The Kier molecular flexibility index (Phi) is 2.83.